The molecule has 0 rings (SSSR count). The van der Waals surface area contributed by atoms with Gasteiger partial charge in [-0.2, -0.15) is 0 Å². The van der Waals surface area contributed by atoms with E-state index in [4.69, 9.17) is 5.73 Å². The van der Waals surface area contributed by atoms with Gasteiger partial charge in [-0.05, 0) is 20.3 Å². The Hall–Kier alpha value is -1.10. The van der Waals surface area contributed by atoms with Crippen LogP contribution in [-0.2, 0) is 9.59 Å². The lowest BCUT2D eigenvalue weighted by molar-refractivity contribution is -0.127. The lowest BCUT2D eigenvalue weighted by atomic mass is 10.2. The van der Waals surface area contributed by atoms with Gasteiger partial charge in [0, 0.05) is 6.04 Å². The highest BCUT2D eigenvalue weighted by atomic mass is 16.2. The fourth-order valence-corrected chi connectivity index (χ4v) is 0.857. The molecule has 0 unspecified atom stereocenters. The van der Waals surface area contributed by atoms with E-state index in [-0.39, 0.29) is 24.4 Å². The number of carbonyl (C=O) groups excluding carboxylic acids is 2. The first kappa shape index (κ1) is 12.9. The lowest BCUT2D eigenvalue weighted by Gasteiger charge is -2.11. The molecule has 14 heavy (non-hydrogen) atoms. The van der Waals surface area contributed by atoms with Crippen LogP contribution in [-0.4, -0.2) is 30.4 Å². The van der Waals surface area contributed by atoms with E-state index in [2.05, 4.69) is 10.6 Å². The number of nitrogens with one attached hydrogen (secondary N) is 2. The van der Waals surface area contributed by atoms with E-state index >= 15 is 0 Å². The van der Waals surface area contributed by atoms with Crippen LogP contribution in [0.1, 0.15) is 27.2 Å². The van der Waals surface area contributed by atoms with Crippen molar-refractivity contribution >= 4 is 11.8 Å². The van der Waals surface area contributed by atoms with Gasteiger partial charge in [0.25, 0.3) is 0 Å². The van der Waals surface area contributed by atoms with Gasteiger partial charge in [-0.3, -0.25) is 9.59 Å². The van der Waals surface area contributed by atoms with Crippen molar-refractivity contribution in [3.63, 3.8) is 0 Å². The molecule has 0 aliphatic rings. The summed E-state index contributed by atoms with van der Waals surface area (Å²) in [5, 5.41) is 5.12. The third-order valence-electron chi connectivity index (χ3n) is 1.65. The SMILES string of the molecule is CC[C@H](N)C(=O)NCC(=O)NC(C)C. The summed E-state index contributed by atoms with van der Waals surface area (Å²) in [5.41, 5.74) is 5.46. The van der Waals surface area contributed by atoms with E-state index in [1.807, 2.05) is 20.8 Å². The van der Waals surface area contributed by atoms with E-state index in [9.17, 15) is 9.59 Å². The van der Waals surface area contributed by atoms with Crippen molar-refractivity contribution in [1.82, 2.24) is 10.6 Å². The third-order valence-corrected chi connectivity index (χ3v) is 1.65. The molecule has 0 aromatic carbocycles. The van der Waals surface area contributed by atoms with Crippen LogP contribution >= 0.6 is 0 Å². The molecule has 0 bridgehead atoms. The Balaban J connectivity index is 3.72. The Morgan fingerprint density at radius 1 is 1.36 bits per heavy atom. The van der Waals surface area contributed by atoms with Crippen molar-refractivity contribution in [3.05, 3.63) is 0 Å². The summed E-state index contributed by atoms with van der Waals surface area (Å²) in [4.78, 5) is 22.3. The van der Waals surface area contributed by atoms with Crippen molar-refractivity contribution < 1.29 is 9.59 Å². The summed E-state index contributed by atoms with van der Waals surface area (Å²) < 4.78 is 0. The molecule has 5 heteroatoms. The first-order valence-electron chi connectivity index (χ1n) is 4.80. The number of nitrogens with two attached hydrogens (primary N) is 1. The van der Waals surface area contributed by atoms with Gasteiger partial charge in [0.2, 0.25) is 11.8 Å². The average molecular weight is 201 g/mol. The van der Waals surface area contributed by atoms with E-state index in [0.717, 1.165) is 0 Å². The van der Waals surface area contributed by atoms with Crippen LogP contribution in [0.15, 0.2) is 0 Å². The first-order chi connectivity index (χ1) is 6.47. The topological polar surface area (TPSA) is 84.2 Å². The Morgan fingerprint density at radius 2 is 1.93 bits per heavy atom. The number of hydrogen-bond acceptors (Lipinski definition) is 3. The number of amides is 2. The molecule has 0 spiro atoms. The highest BCUT2D eigenvalue weighted by Gasteiger charge is 2.11. The zero-order chi connectivity index (χ0) is 11.1. The standard InChI is InChI=1S/C9H19N3O2/c1-4-7(10)9(14)11-5-8(13)12-6(2)3/h6-7H,4-5,10H2,1-3H3,(H,11,14)(H,12,13)/t7-/m0/s1. The molecular weight excluding hydrogens is 182 g/mol. The van der Waals surface area contributed by atoms with Crippen molar-refractivity contribution in [2.75, 3.05) is 6.54 Å². The second-order valence-electron chi connectivity index (χ2n) is 3.45. The summed E-state index contributed by atoms with van der Waals surface area (Å²) in [6.07, 6.45) is 0.567. The van der Waals surface area contributed by atoms with Gasteiger partial charge in [0.15, 0.2) is 0 Å². The molecular formula is C9H19N3O2. The molecule has 5 nitrogen and oxygen atoms in total. The van der Waals surface area contributed by atoms with Crippen molar-refractivity contribution in [2.45, 2.75) is 39.3 Å². The minimum Gasteiger partial charge on any atom is -0.352 e. The molecule has 0 radical (unpaired) electrons. The van der Waals surface area contributed by atoms with Gasteiger partial charge >= 0.3 is 0 Å². The molecule has 0 aromatic rings. The fraction of sp³-hybridized carbons (Fsp3) is 0.778. The molecule has 4 N–H and O–H groups in total. The minimum absolute atomic E-state index is 0.00921. The maximum Gasteiger partial charge on any atom is 0.239 e. The maximum absolute atomic E-state index is 11.1. The third kappa shape index (κ3) is 5.53. The molecule has 0 saturated heterocycles. The smallest absolute Gasteiger partial charge is 0.239 e. The average Bonchev–Trinajstić information content (AvgIpc) is 2.11. The zero-order valence-electron chi connectivity index (χ0n) is 8.96. The second-order valence-corrected chi connectivity index (χ2v) is 3.45. The Morgan fingerprint density at radius 3 is 2.36 bits per heavy atom. The van der Waals surface area contributed by atoms with Crippen molar-refractivity contribution in [3.8, 4) is 0 Å². The summed E-state index contributed by atoms with van der Waals surface area (Å²) in [6, 6.07) is -0.443. The Kier molecular flexibility index (Phi) is 5.87. The van der Waals surface area contributed by atoms with E-state index in [1.54, 1.807) is 0 Å². The summed E-state index contributed by atoms with van der Waals surface area (Å²) in [5.74, 6) is -0.483. The van der Waals surface area contributed by atoms with Crippen molar-refractivity contribution in [1.29, 1.82) is 0 Å². The predicted molar refractivity (Wildman–Crippen MR) is 54.6 cm³/mol. The van der Waals surface area contributed by atoms with Gasteiger partial charge in [-0.1, -0.05) is 6.92 Å². The Bertz CT molecular complexity index is 204. The van der Waals surface area contributed by atoms with Gasteiger partial charge in [-0.25, -0.2) is 0 Å². The van der Waals surface area contributed by atoms with Crippen molar-refractivity contribution in [2.24, 2.45) is 5.73 Å². The highest BCUT2D eigenvalue weighted by Crippen LogP contribution is 1.84. The Labute approximate surface area is 84.4 Å². The van der Waals surface area contributed by atoms with E-state index in [1.165, 1.54) is 0 Å². The van der Waals surface area contributed by atoms with Gasteiger partial charge in [0.05, 0.1) is 12.6 Å². The molecule has 0 saturated carbocycles. The molecule has 0 fully saturated rings. The van der Waals surface area contributed by atoms with Crippen LogP contribution in [0, 0.1) is 0 Å². The lowest BCUT2D eigenvalue weighted by Crippen LogP contribution is -2.45. The van der Waals surface area contributed by atoms with Crippen LogP contribution < -0.4 is 16.4 Å². The quantitative estimate of drug-likeness (QED) is 0.553. The predicted octanol–water partition coefficient (Wildman–Crippen LogP) is -0.635. The molecule has 1 atom stereocenters. The van der Waals surface area contributed by atoms with Crippen LogP contribution in [0.3, 0.4) is 0 Å². The van der Waals surface area contributed by atoms with Crippen LogP contribution in [0.5, 0.6) is 0 Å². The van der Waals surface area contributed by atoms with E-state index < -0.39 is 6.04 Å². The molecule has 0 aliphatic carbocycles. The first-order valence-corrected chi connectivity index (χ1v) is 4.80. The zero-order valence-corrected chi connectivity index (χ0v) is 8.96. The second kappa shape index (κ2) is 6.37. The van der Waals surface area contributed by atoms with Gasteiger partial charge < -0.3 is 16.4 Å². The molecule has 0 heterocycles. The number of hydrogen-bond donors (Lipinski definition) is 3. The van der Waals surface area contributed by atoms with E-state index in [0.29, 0.717) is 6.42 Å². The summed E-state index contributed by atoms with van der Waals surface area (Å²) in [6.45, 7) is 5.53. The molecule has 0 aliphatic heterocycles. The molecule has 82 valence electrons. The van der Waals surface area contributed by atoms with Crippen LogP contribution in [0.2, 0.25) is 0 Å². The molecule has 2 amide bonds. The normalized spacial score (nSPS) is 12.4. The van der Waals surface area contributed by atoms with Crippen LogP contribution in [0.4, 0.5) is 0 Å². The van der Waals surface area contributed by atoms with Crippen LogP contribution in [0.25, 0.3) is 0 Å². The fourth-order valence-electron chi connectivity index (χ4n) is 0.857. The summed E-state index contributed by atoms with van der Waals surface area (Å²) in [7, 11) is 0. The van der Waals surface area contributed by atoms with Gasteiger partial charge in [0.1, 0.15) is 0 Å². The number of carbonyl (C=O) groups is 2. The number of rotatable bonds is 5. The minimum atomic E-state index is -0.526. The highest BCUT2D eigenvalue weighted by molar-refractivity contribution is 5.87. The van der Waals surface area contributed by atoms with Gasteiger partial charge in [-0.15, -0.1) is 0 Å². The largest absolute Gasteiger partial charge is 0.352 e. The monoisotopic (exact) mass is 201 g/mol. The summed E-state index contributed by atoms with van der Waals surface area (Å²) >= 11 is 0. The maximum atomic E-state index is 11.1. The molecule has 0 aromatic heterocycles.